The van der Waals surface area contributed by atoms with Crippen molar-refractivity contribution in [1.82, 2.24) is 9.97 Å². The third-order valence-electron chi connectivity index (χ3n) is 2.50. The minimum absolute atomic E-state index is 0.235. The molecule has 0 unspecified atom stereocenters. The summed E-state index contributed by atoms with van der Waals surface area (Å²) < 4.78 is 13.0. The van der Waals surface area contributed by atoms with Gasteiger partial charge in [-0.1, -0.05) is 36.8 Å². The first-order valence-corrected chi connectivity index (χ1v) is 6.34. The number of allylic oxidation sites excluding steroid dienone is 4. The Kier molecular flexibility index (Phi) is 6.37. The van der Waals surface area contributed by atoms with Crippen LogP contribution in [0.25, 0.3) is 13.2 Å². The molecule has 0 atom stereocenters. The molecule has 0 aliphatic heterocycles. The highest BCUT2D eigenvalue weighted by Gasteiger charge is 2.00. The Morgan fingerprint density at radius 2 is 1.90 bits per heavy atom. The topological polar surface area (TPSA) is 25.8 Å². The fourth-order valence-corrected chi connectivity index (χ4v) is 1.57. The summed E-state index contributed by atoms with van der Waals surface area (Å²) in [6.45, 7) is 10.9. The molecule has 0 aromatic carbocycles. The number of halogens is 1. The molecular formula is C16H18BFN2. The summed E-state index contributed by atoms with van der Waals surface area (Å²) in [6.07, 6.45) is 4.98. The molecule has 1 heterocycles. The highest BCUT2D eigenvalue weighted by atomic mass is 19.1. The number of hydrogen-bond donors (Lipinski definition) is 0. The molecule has 2 nitrogen and oxygen atoms in total. The summed E-state index contributed by atoms with van der Waals surface area (Å²) in [4.78, 5) is 8.60. The van der Waals surface area contributed by atoms with Gasteiger partial charge in [0.05, 0.1) is 16.5 Å². The lowest BCUT2D eigenvalue weighted by Gasteiger charge is -1.98. The molecule has 0 aliphatic carbocycles. The zero-order valence-corrected chi connectivity index (χ0v) is 11.9. The molecule has 0 amide bonds. The van der Waals surface area contributed by atoms with Gasteiger partial charge in [0.15, 0.2) is 0 Å². The van der Waals surface area contributed by atoms with Crippen LogP contribution in [-0.4, -0.2) is 17.2 Å². The number of nitrogens with zero attached hydrogens (tertiary/aromatic N) is 2. The van der Waals surface area contributed by atoms with Crippen LogP contribution in [0.1, 0.15) is 13.8 Å². The van der Waals surface area contributed by atoms with Crippen LogP contribution in [0, 0.1) is 0 Å². The molecule has 0 fully saturated rings. The first-order chi connectivity index (χ1) is 9.51. The molecule has 0 N–H and O–H groups in total. The normalized spacial score (nSPS) is 11.8. The lowest BCUT2D eigenvalue weighted by atomic mass is 9.66. The predicted molar refractivity (Wildman–Crippen MR) is 85.4 cm³/mol. The average molecular weight is 268 g/mol. The smallest absolute Gasteiger partial charge is 0.218 e. The van der Waals surface area contributed by atoms with Gasteiger partial charge in [-0.25, -0.2) is 4.39 Å². The molecule has 0 saturated carbocycles. The predicted octanol–water partition coefficient (Wildman–Crippen LogP) is 1.26. The molecule has 102 valence electrons. The Labute approximate surface area is 119 Å². The standard InChI is InChI=1S/C16H18BFN2/c1-5-15(10-12(2)18)17-16-11-19-13(3)8-6-7-9-14(4)20-16/h5-11,17H,3-4H2,1-2H3/b8-6?,9-7?,12-10+,15-5+,19-11?,20-16?. The Bertz CT molecular complexity index is 675. The first-order valence-electron chi connectivity index (χ1n) is 6.34. The van der Waals surface area contributed by atoms with Crippen LogP contribution in [0.5, 0.6) is 0 Å². The van der Waals surface area contributed by atoms with Crippen LogP contribution in [0.3, 0.4) is 0 Å². The lowest BCUT2D eigenvalue weighted by molar-refractivity contribution is 0.640. The van der Waals surface area contributed by atoms with E-state index in [4.69, 9.17) is 0 Å². The number of rotatable bonds is 3. The van der Waals surface area contributed by atoms with Crippen LogP contribution < -0.4 is 16.3 Å². The fourth-order valence-electron chi connectivity index (χ4n) is 1.57. The van der Waals surface area contributed by atoms with E-state index in [1.165, 1.54) is 13.0 Å². The van der Waals surface area contributed by atoms with Crippen molar-refractivity contribution in [3.63, 3.8) is 0 Å². The maximum atomic E-state index is 13.0. The van der Waals surface area contributed by atoms with Gasteiger partial charge in [0, 0.05) is 11.8 Å². The minimum Gasteiger partial charge on any atom is -0.262 e. The number of aromatic nitrogens is 2. The molecular weight excluding hydrogens is 250 g/mol. The molecule has 0 bridgehead atoms. The molecule has 20 heavy (non-hydrogen) atoms. The second kappa shape index (κ2) is 8.05. The highest BCUT2D eigenvalue weighted by molar-refractivity contribution is 6.60. The first kappa shape index (κ1) is 15.8. The van der Waals surface area contributed by atoms with Gasteiger partial charge in [-0.15, -0.1) is 0 Å². The molecule has 1 aromatic heterocycles. The number of hydrogen-bond acceptors (Lipinski definition) is 2. The van der Waals surface area contributed by atoms with Gasteiger partial charge >= 0.3 is 0 Å². The molecule has 1 rings (SSSR count). The van der Waals surface area contributed by atoms with E-state index >= 15 is 0 Å². The van der Waals surface area contributed by atoms with Crippen molar-refractivity contribution in [3.8, 4) is 0 Å². The van der Waals surface area contributed by atoms with Crippen molar-refractivity contribution in [2.24, 2.45) is 0 Å². The Hall–Kier alpha value is -2.23. The summed E-state index contributed by atoms with van der Waals surface area (Å²) in [5.41, 5.74) is 1.55. The zero-order chi connectivity index (χ0) is 15.0. The van der Waals surface area contributed by atoms with Gasteiger partial charge in [0.25, 0.3) is 0 Å². The third kappa shape index (κ3) is 6.09. The molecule has 4 heteroatoms. The molecule has 0 radical (unpaired) electrons. The molecule has 1 aromatic rings. The Balaban J connectivity index is 3.30. The Morgan fingerprint density at radius 1 is 1.25 bits per heavy atom. The monoisotopic (exact) mass is 268 g/mol. The van der Waals surface area contributed by atoms with Crippen LogP contribution in [0.15, 0.2) is 53.9 Å². The van der Waals surface area contributed by atoms with Crippen molar-refractivity contribution in [3.05, 3.63) is 64.6 Å². The SMILES string of the molecule is C=c1ccccc(=C)nc(BC(=C/C)/C=C(\C)F)cn1. The van der Waals surface area contributed by atoms with E-state index in [-0.39, 0.29) is 5.83 Å². The summed E-state index contributed by atoms with van der Waals surface area (Å²) in [5.74, 6) is -0.235. The fraction of sp³-hybridized carbons (Fsp3) is 0.125. The maximum Gasteiger partial charge on any atom is 0.218 e. The summed E-state index contributed by atoms with van der Waals surface area (Å²) in [5, 5.41) is 1.26. The zero-order valence-electron chi connectivity index (χ0n) is 11.9. The van der Waals surface area contributed by atoms with Crippen LogP contribution >= 0.6 is 0 Å². The van der Waals surface area contributed by atoms with Crippen LogP contribution in [0.4, 0.5) is 4.39 Å². The largest absolute Gasteiger partial charge is 0.262 e. The summed E-state index contributed by atoms with van der Waals surface area (Å²) >= 11 is 0. The van der Waals surface area contributed by atoms with Crippen molar-refractivity contribution in [1.29, 1.82) is 0 Å². The molecule has 0 spiro atoms. The van der Waals surface area contributed by atoms with Crippen LogP contribution in [0.2, 0.25) is 0 Å². The van der Waals surface area contributed by atoms with E-state index in [9.17, 15) is 4.39 Å². The van der Waals surface area contributed by atoms with E-state index in [1.807, 2.05) is 25.1 Å². The van der Waals surface area contributed by atoms with Gasteiger partial charge in [-0.2, -0.15) is 0 Å². The van der Waals surface area contributed by atoms with Gasteiger partial charge < -0.3 is 0 Å². The average Bonchev–Trinajstić information content (AvgIpc) is 2.39. The van der Waals surface area contributed by atoms with Crippen molar-refractivity contribution in [2.75, 3.05) is 0 Å². The van der Waals surface area contributed by atoms with Crippen molar-refractivity contribution in [2.45, 2.75) is 13.8 Å². The van der Waals surface area contributed by atoms with Gasteiger partial charge in [0.2, 0.25) is 7.28 Å². The van der Waals surface area contributed by atoms with E-state index in [0.717, 1.165) is 5.47 Å². The molecule has 0 saturated heterocycles. The summed E-state index contributed by atoms with van der Waals surface area (Å²) in [7, 11) is 0.491. The lowest BCUT2D eigenvalue weighted by Crippen LogP contribution is -2.25. The van der Waals surface area contributed by atoms with Gasteiger partial charge in [-0.05, 0) is 32.1 Å². The van der Waals surface area contributed by atoms with Gasteiger partial charge in [0.1, 0.15) is 0 Å². The second-order valence-electron chi connectivity index (χ2n) is 4.33. The van der Waals surface area contributed by atoms with Crippen molar-refractivity contribution >= 4 is 26.0 Å². The van der Waals surface area contributed by atoms with Crippen molar-refractivity contribution < 1.29 is 4.39 Å². The van der Waals surface area contributed by atoms with Gasteiger partial charge in [-0.3, -0.25) is 9.97 Å². The highest BCUT2D eigenvalue weighted by Crippen LogP contribution is 2.01. The van der Waals surface area contributed by atoms with E-state index in [0.29, 0.717) is 23.6 Å². The Morgan fingerprint density at radius 3 is 2.50 bits per heavy atom. The minimum atomic E-state index is -0.235. The second-order valence-corrected chi connectivity index (χ2v) is 4.33. The quantitative estimate of drug-likeness (QED) is 0.609. The maximum absolute atomic E-state index is 13.0. The third-order valence-corrected chi connectivity index (χ3v) is 2.50. The van der Waals surface area contributed by atoms with E-state index < -0.39 is 0 Å². The van der Waals surface area contributed by atoms with Crippen LogP contribution in [-0.2, 0) is 0 Å². The van der Waals surface area contributed by atoms with E-state index in [1.54, 1.807) is 18.3 Å². The summed E-state index contributed by atoms with van der Waals surface area (Å²) in [6, 6.07) is 7.26. The molecule has 0 aliphatic rings. The van der Waals surface area contributed by atoms with E-state index in [2.05, 4.69) is 23.1 Å².